The summed E-state index contributed by atoms with van der Waals surface area (Å²) in [5, 5.41) is 1.07. The zero-order chi connectivity index (χ0) is 52.6. The third-order valence-corrected chi connectivity index (χ3v) is 16.8. The lowest BCUT2D eigenvalue weighted by Gasteiger charge is -2.45. The van der Waals surface area contributed by atoms with Crippen molar-refractivity contribution >= 4 is 85.3 Å². The zero-order valence-electron chi connectivity index (χ0n) is 44.6. The first-order valence-electron chi connectivity index (χ1n) is 27.2. The molecule has 3 aliphatic heterocycles. The molecule has 7 heteroatoms. The first-order chi connectivity index (χ1) is 37.9. The van der Waals surface area contributed by atoms with Gasteiger partial charge in [0.05, 0.1) is 5.69 Å². The van der Waals surface area contributed by atoms with E-state index in [0.29, 0.717) is 0 Å². The molecule has 1 aromatic heterocycles. The summed E-state index contributed by atoms with van der Waals surface area (Å²) in [5.74, 6) is 2.33. The van der Waals surface area contributed by atoms with Crippen molar-refractivity contribution in [1.82, 2.24) is 0 Å². The van der Waals surface area contributed by atoms with Crippen molar-refractivity contribution in [2.24, 2.45) is 0 Å². The highest BCUT2D eigenvalue weighted by Gasteiger charge is 2.45. The van der Waals surface area contributed by atoms with Gasteiger partial charge in [0.1, 0.15) is 11.3 Å². The second-order valence-corrected chi connectivity index (χ2v) is 23.0. The number of ether oxygens (including phenoxy) is 2. The summed E-state index contributed by atoms with van der Waals surface area (Å²) in [6.07, 6.45) is 0. The lowest BCUT2D eigenvalue weighted by Crippen LogP contribution is -2.61. The van der Waals surface area contributed by atoms with Crippen molar-refractivity contribution in [2.45, 2.75) is 52.4 Å². The van der Waals surface area contributed by atoms with Crippen LogP contribution in [-0.4, -0.2) is 13.5 Å². The maximum atomic E-state index is 6.83. The monoisotopic (exact) mass is 1010 g/mol. The van der Waals surface area contributed by atoms with Crippen LogP contribution in [0.1, 0.15) is 56.9 Å². The highest BCUT2D eigenvalue weighted by molar-refractivity contribution is 7.00. The number of aryl methyl sites for hydroxylation is 1. The minimum atomic E-state index is -0.171. The van der Waals surface area contributed by atoms with Gasteiger partial charge in [-0.2, -0.15) is 0 Å². The van der Waals surface area contributed by atoms with Crippen molar-refractivity contribution < 1.29 is 13.9 Å². The molecule has 0 spiro atoms. The van der Waals surface area contributed by atoms with Crippen LogP contribution < -0.4 is 40.6 Å². The summed E-state index contributed by atoms with van der Waals surface area (Å²) in [6.45, 7) is 14.0. The van der Waals surface area contributed by atoms with E-state index in [1.807, 2.05) is 12.1 Å². The highest BCUT2D eigenvalue weighted by atomic mass is 16.7. The van der Waals surface area contributed by atoms with Gasteiger partial charge in [-0.3, -0.25) is 0 Å². The van der Waals surface area contributed by atoms with Gasteiger partial charge in [0, 0.05) is 67.9 Å². The molecule has 0 saturated carbocycles. The van der Waals surface area contributed by atoms with Crippen molar-refractivity contribution in [3.8, 4) is 45.1 Å². The fraction of sp³-hybridized carbons (Fsp3) is 0.127. The van der Waals surface area contributed by atoms with Crippen LogP contribution in [0, 0.1) is 6.92 Å². The molecule has 15 rings (SSSR count). The predicted octanol–water partition coefficient (Wildman–Crippen LogP) is 17.0. The first-order valence-corrected chi connectivity index (χ1v) is 27.2. The second kappa shape index (κ2) is 17.2. The van der Waals surface area contributed by atoms with E-state index in [1.54, 1.807) is 0 Å². The lowest BCUT2D eigenvalue weighted by atomic mass is 9.33. The van der Waals surface area contributed by atoms with E-state index in [1.165, 1.54) is 44.2 Å². The van der Waals surface area contributed by atoms with E-state index in [9.17, 15) is 0 Å². The molecule has 0 unspecified atom stereocenters. The summed E-state index contributed by atoms with van der Waals surface area (Å²) in [7, 11) is 0. The Labute approximate surface area is 456 Å². The first kappa shape index (κ1) is 46.1. The van der Waals surface area contributed by atoms with Crippen molar-refractivity contribution in [2.75, 3.05) is 21.5 Å². The molecule has 376 valence electrons. The van der Waals surface area contributed by atoms with E-state index in [4.69, 9.17) is 13.9 Å². The summed E-state index contributed by atoms with van der Waals surface area (Å²) in [5.41, 5.74) is 25.1. The van der Waals surface area contributed by atoms with Crippen LogP contribution in [0.15, 0.2) is 223 Å². The highest BCUT2D eigenvalue weighted by Crippen LogP contribution is 2.52. The average Bonchev–Trinajstić information content (AvgIpc) is 3.96. The van der Waals surface area contributed by atoms with Crippen LogP contribution >= 0.6 is 0 Å². The number of hydrogen-bond donors (Lipinski definition) is 0. The summed E-state index contributed by atoms with van der Waals surface area (Å²) < 4.78 is 18.8. The van der Waals surface area contributed by atoms with Crippen LogP contribution in [0.2, 0.25) is 0 Å². The molecular weight excluding hydrogens is 954 g/mol. The van der Waals surface area contributed by atoms with Crippen LogP contribution in [0.25, 0.3) is 44.5 Å². The number of fused-ring (bicyclic) bond motifs is 9. The molecule has 78 heavy (non-hydrogen) atoms. The fourth-order valence-electron chi connectivity index (χ4n) is 13.0. The zero-order valence-corrected chi connectivity index (χ0v) is 44.6. The van der Waals surface area contributed by atoms with Gasteiger partial charge in [0.25, 0.3) is 6.71 Å². The standard InChI is InChI=1S/C71H56BN3O3/c1-44-33-63-69-64(34-44)75(54-36-47(35-48(37-54)67-39-46-17-13-16-24-65(46)78-67)45-25-29-56-55-22-14-15-23-57(55)71(5,6)58(56)38-45)62-41-52(73(50-18-9-7-10-19-50)51-20-11-8-12-21-51)27-30-59(62)72(69)60-40-49(70(2,3)4)26-31-61(60)74(63)53-28-32-66-68(42-53)77-43-76-66/h7-42H,43H2,1-6H3. The number of nitrogens with zero attached hydrogens (tertiary/aromatic N) is 3. The number of benzene rings is 10. The molecule has 10 aromatic carbocycles. The van der Waals surface area contributed by atoms with Gasteiger partial charge in [0.15, 0.2) is 11.5 Å². The molecule has 0 bridgehead atoms. The Morgan fingerprint density at radius 1 is 0.487 bits per heavy atom. The topological polar surface area (TPSA) is 41.3 Å². The number of rotatable bonds is 7. The van der Waals surface area contributed by atoms with E-state index in [0.717, 1.165) is 102 Å². The van der Waals surface area contributed by atoms with Crippen molar-refractivity contribution in [3.05, 3.63) is 241 Å². The summed E-state index contributed by atoms with van der Waals surface area (Å²) in [6, 6.07) is 80.5. The van der Waals surface area contributed by atoms with Gasteiger partial charge in [-0.1, -0.05) is 144 Å². The summed E-state index contributed by atoms with van der Waals surface area (Å²) >= 11 is 0. The Hall–Kier alpha value is -9.20. The summed E-state index contributed by atoms with van der Waals surface area (Å²) in [4.78, 5) is 7.38. The quantitative estimate of drug-likeness (QED) is 0.148. The molecule has 0 fully saturated rings. The third kappa shape index (κ3) is 7.17. The SMILES string of the molecule is Cc1cc2c3c(c1)N(c1cc(-c4ccc5c(c4)C(C)(C)c4ccccc4-5)cc(-c4cc5ccccc5o4)c1)c1cc(N(c4ccccc4)c4ccccc4)ccc1B3c1cc(C(C)(C)C)ccc1N2c1ccc2c(c1)OCO2. The smallest absolute Gasteiger partial charge is 0.252 e. The lowest BCUT2D eigenvalue weighted by molar-refractivity contribution is 0.174. The molecule has 0 N–H and O–H groups in total. The predicted molar refractivity (Wildman–Crippen MR) is 323 cm³/mol. The number of para-hydroxylation sites is 3. The van der Waals surface area contributed by atoms with Gasteiger partial charge in [-0.15, -0.1) is 0 Å². The van der Waals surface area contributed by atoms with E-state index < -0.39 is 0 Å². The maximum Gasteiger partial charge on any atom is 0.252 e. The minimum absolute atomic E-state index is 0.0999. The second-order valence-electron chi connectivity index (χ2n) is 23.0. The van der Waals surface area contributed by atoms with Gasteiger partial charge in [-0.05, 0) is 176 Å². The molecule has 0 amide bonds. The van der Waals surface area contributed by atoms with E-state index in [-0.39, 0.29) is 24.3 Å². The van der Waals surface area contributed by atoms with Gasteiger partial charge in [-0.25, -0.2) is 0 Å². The number of furan rings is 1. The normalized spacial score (nSPS) is 14.2. The average molecular weight is 1010 g/mol. The van der Waals surface area contributed by atoms with Crippen LogP contribution in [-0.2, 0) is 10.8 Å². The Bertz CT molecular complexity index is 4180. The Balaban J connectivity index is 1.02. The van der Waals surface area contributed by atoms with Gasteiger partial charge in [0.2, 0.25) is 6.79 Å². The minimum Gasteiger partial charge on any atom is -0.456 e. The molecule has 4 aliphatic rings. The Kier molecular flexibility index (Phi) is 10.1. The third-order valence-electron chi connectivity index (χ3n) is 16.8. The maximum absolute atomic E-state index is 6.83. The number of hydrogen-bond acceptors (Lipinski definition) is 6. The Morgan fingerprint density at radius 3 is 1.95 bits per heavy atom. The molecule has 4 heterocycles. The molecule has 1 aliphatic carbocycles. The van der Waals surface area contributed by atoms with Crippen molar-refractivity contribution in [3.63, 3.8) is 0 Å². The molecular formula is C71H56BN3O3. The van der Waals surface area contributed by atoms with Crippen molar-refractivity contribution in [1.29, 1.82) is 0 Å². The van der Waals surface area contributed by atoms with Crippen LogP contribution in [0.5, 0.6) is 11.5 Å². The number of anilines is 9. The van der Waals surface area contributed by atoms with E-state index in [2.05, 4.69) is 262 Å². The largest absolute Gasteiger partial charge is 0.456 e. The fourth-order valence-corrected chi connectivity index (χ4v) is 13.0. The van der Waals surface area contributed by atoms with Gasteiger partial charge < -0.3 is 28.6 Å². The van der Waals surface area contributed by atoms with Gasteiger partial charge >= 0.3 is 0 Å². The Morgan fingerprint density at radius 2 is 1.18 bits per heavy atom. The van der Waals surface area contributed by atoms with Crippen LogP contribution in [0.4, 0.5) is 51.2 Å². The molecule has 0 radical (unpaired) electrons. The van der Waals surface area contributed by atoms with E-state index >= 15 is 0 Å². The van der Waals surface area contributed by atoms with Crippen LogP contribution in [0.3, 0.4) is 0 Å². The molecule has 6 nitrogen and oxygen atoms in total. The molecule has 0 saturated heterocycles. The molecule has 0 atom stereocenters. The molecule has 11 aromatic rings.